The van der Waals surface area contributed by atoms with E-state index in [1.54, 1.807) is 19.1 Å². The van der Waals surface area contributed by atoms with E-state index in [-0.39, 0.29) is 17.1 Å². The standard InChI is InChI=1S/C15H19NO5/c1-9-7-10(13(17)12(8-9)21-2)14(18)16-6-4-3-5-11(16)15(19)20/h7-8,11,17H,3-6H2,1-2H3,(H,19,20). The lowest BCUT2D eigenvalue weighted by Gasteiger charge is -2.33. The molecule has 1 aromatic rings. The van der Waals surface area contributed by atoms with E-state index < -0.39 is 17.9 Å². The molecule has 1 aromatic carbocycles. The predicted molar refractivity (Wildman–Crippen MR) is 75.7 cm³/mol. The lowest BCUT2D eigenvalue weighted by Crippen LogP contribution is -2.48. The third kappa shape index (κ3) is 2.94. The first kappa shape index (κ1) is 15.2. The summed E-state index contributed by atoms with van der Waals surface area (Å²) in [6, 6.07) is 2.34. The molecule has 1 aliphatic heterocycles. The molecule has 114 valence electrons. The minimum absolute atomic E-state index is 0.0833. The monoisotopic (exact) mass is 293 g/mol. The molecule has 0 spiro atoms. The van der Waals surface area contributed by atoms with Gasteiger partial charge in [0.25, 0.3) is 5.91 Å². The molecule has 1 fully saturated rings. The maximum Gasteiger partial charge on any atom is 0.326 e. The highest BCUT2D eigenvalue weighted by Crippen LogP contribution is 2.33. The number of methoxy groups -OCH3 is 1. The summed E-state index contributed by atoms with van der Waals surface area (Å²) in [5, 5.41) is 19.4. The van der Waals surface area contributed by atoms with Gasteiger partial charge in [-0.2, -0.15) is 0 Å². The zero-order valence-corrected chi connectivity index (χ0v) is 12.1. The molecule has 0 saturated carbocycles. The zero-order valence-electron chi connectivity index (χ0n) is 12.1. The van der Waals surface area contributed by atoms with Crippen molar-refractivity contribution in [3.8, 4) is 11.5 Å². The molecule has 1 heterocycles. The lowest BCUT2D eigenvalue weighted by atomic mass is 10.00. The Balaban J connectivity index is 2.39. The van der Waals surface area contributed by atoms with E-state index >= 15 is 0 Å². The van der Waals surface area contributed by atoms with Crippen LogP contribution in [0.2, 0.25) is 0 Å². The number of carboxylic acids is 1. The number of likely N-dealkylation sites (tertiary alicyclic amines) is 1. The fourth-order valence-electron chi connectivity index (χ4n) is 2.65. The van der Waals surface area contributed by atoms with Gasteiger partial charge in [-0.1, -0.05) is 0 Å². The number of nitrogens with zero attached hydrogens (tertiary/aromatic N) is 1. The third-order valence-corrected chi connectivity index (χ3v) is 3.72. The second-order valence-corrected chi connectivity index (χ2v) is 5.21. The molecule has 6 nitrogen and oxygen atoms in total. The number of piperidine rings is 1. The van der Waals surface area contributed by atoms with Gasteiger partial charge in [-0.15, -0.1) is 0 Å². The zero-order chi connectivity index (χ0) is 15.6. The Kier molecular flexibility index (Phi) is 4.35. The van der Waals surface area contributed by atoms with Crippen molar-refractivity contribution in [3.05, 3.63) is 23.3 Å². The number of carbonyl (C=O) groups is 2. The van der Waals surface area contributed by atoms with E-state index in [4.69, 9.17) is 4.74 Å². The average Bonchev–Trinajstić information content (AvgIpc) is 2.48. The summed E-state index contributed by atoms with van der Waals surface area (Å²) in [6.07, 6.45) is 1.98. The largest absolute Gasteiger partial charge is 0.504 e. The molecule has 0 radical (unpaired) electrons. The Bertz CT molecular complexity index is 569. The summed E-state index contributed by atoms with van der Waals surface area (Å²) >= 11 is 0. The van der Waals surface area contributed by atoms with Gasteiger partial charge in [0.1, 0.15) is 6.04 Å². The van der Waals surface area contributed by atoms with Gasteiger partial charge in [0, 0.05) is 6.54 Å². The predicted octanol–water partition coefficient (Wildman–Crippen LogP) is 1.79. The van der Waals surface area contributed by atoms with Gasteiger partial charge < -0.3 is 19.8 Å². The van der Waals surface area contributed by atoms with Gasteiger partial charge in [-0.05, 0) is 43.9 Å². The minimum Gasteiger partial charge on any atom is -0.504 e. The highest BCUT2D eigenvalue weighted by atomic mass is 16.5. The lowest BCUT2D eigenvalue weighted by molar-refractivity contribution is -0.143. The number of amides is 1. The summed E-state index contributed by atoms with van der Waals surface area (Å²) in [5.74, 6) is -1.52. The number of aryl methyl sites for hydroxylation is 1. The summed E-state index contributed by atoms with van der Waals surface area (Å²) in [5.41, 5.74) is 0.844. The van der Waals surface area contributed by atoms with Crippen LogP contribution in [-0.4, -0.2) is 46.7 Å². The number of ether oxygens (including phenoxy) is 1. The van der Waals surface area contributed by atoms with Crippen LogP contribution in [0.15, 0.2) is 12.1 Å². The highest BCUT2D eigenvalue weighted by molar-refractivity contribution is 5.99. The van der Waals surface area contributed by atoms with Gasteiger partial charge in [0.05, 0.1) is 12.7 Å². The topological polar surface area (TPSA) is 87.1 Å². The molecule has 2 rings (SSSR count). The number of phenolic OH excluding ortho intramolecular Hbond substituents is 1. The first-order valence-electron chi connectivity index (χ1n) is 6.87. The molecule has 1 unspecified atom stereocenters. The van der Waals surface area contributed by atoms with E-state index in [9.17, 15) is 19.8 Å². The van der Waals surface area contributed by atoms with Crippen molar-refractivity contribution in [1.82, 2.24) is 4.90 Å². The van der Waals surface area contributed by atoms with Crippen LogP contribution in [-0.2, 0) is 4.79 Å². The highest BCUT2D eigenvalue weighted by Gasteiger charge is 2.34. The van der Waals surface area contributed by atoms with E-state index in [2.05, 4.69) is 0 Å². The van der Waals surface area contributed by atoms with Crippen molar-refractivity contribution >= 4 is 11.9 Å². The Morgan fingerprint density at radius 3 is 2.67 bits per heavy atom. The van der Waals surface area contributed by atoms with E-state index in [0.29, 0.717) is 13.0 Å². The van der Waals surface area contributed by atoms with Crippen LogP contribution in [0.3, 0.4) is 0 Å². The Labute approximate surface area is 122 Å². The van der Waals surface area contributed by atoms with Crippen molar-refractivity contribution < 1.29 is 24.5 Å². The van der Waals surface area contributed by atoms with E-state index in [1.807, 2.05) is 0 Å². The number of aromatic hydroxyl groups is 1. The molecule has 1 atom stereocenters. The van der Waals surface area contributed by atoms with Crippen LogP contribution >= 0.6 is 0 Å². The van der Waals surface area contributed by atoms with Gasteiger partial charge in [0.15, 0.2) is 11.5 Å². The number of hydrogen-bond donors (Lipinski definition) is 2. The van der Waals surface area contributed by atoms with Crippen molar-refractivity contribution in [3.63, 3.8) is 0 Å². The number of rotatable bonds is 3. The third-order valence-electron chi connectivity index (χ3n) is 3.72. The van der Waals surface area contributed by atoms with Crippen molar-refractivity contribution in [2.24, 2.45) is 0 Å². The van der Waals surface area contributed by atoms with Gasteiger partial charge in [-0.25, -0.2) is 4.79 Å². The molecule has 2 N–H and O–H groups in total. The molecular weight excluding hydrogens is 274 g/mol. The number of hydrogen-bond acceptors (Lipinski definition) is 4. The van der Waals surface area contributed by atoms with E-state index in [0.717, 1.165) is 18.4 Å². The SMILES string of the molecule is COc1cc(C)cc(C(=O)N2CCCCC2C(=O)O)c1O. The molecule has 0 aliphatic carbocycles. The normalized spacial score (nSPS) is 18.4. The maximum absolute atomic E-state index is 12.6. The fraction of sp³-hybridized carbons (Fsp3) is 0.467. The van der Waals surface area contributed by atoms with Crippen molar-refractivity contribution in [2.75, 3.05) is 13.7 Å². The van der Waals surface area contributed by atoms with Crippen molar-refractivity contribution in [2.45, 2.75) is 32.2 Å². The molecule has 1 aliphatic rings. The first-order valence-corrected chi connectivity index (χ1v) is 6.87. The Hall–Kier alpha value is -2.24. The molecule has 1 amide bonds. The quantitative estimate of drug-likeness (QED) is 0.887. The van der Waals surface area contributed by atoms with Crippen LogP contribution in [0.1, 0.15) is 35.2 Å². The molecule has 6 heteroatoms. The van der Waals surface area contributed by atoms with Gasteiger partial charge in [-0.3, -0.25) is 4.79 Å². The second-order valence-electron chi connectivity index (χ2n) is 5.21. The number of phenols is 1. The van der Waals surface area contributed by atoms with Crippen molar-refractivity contribution in [1.29, 1.82) is 0 Å². The summed E-state index contributed by atoms with van der Waals surface area (Å²) < 4.78 is 5.04. The second kappa shape index (κ2) is 6.03. The van der Waals surface area contributed by atoms with Gasteiger partial charge in [0.2, 0.25) is 0 Å². The number of carbonyl (C=O) groups excluding carboxylic acids is 1. The molecular formula is C15H19NO5. The van der Waals surface area contributed by atoms with Crippen LogP contribution in [0.4, 0.5) is 0 Å². The summed E-state index contributed by atoms with van der Waals surface area (Å²) in [7, 11) is 1.41. The van der Waals surface area contributed by atoms with Crippen LogP contribution < -0.4 is 4.74 Å². The van der Waals surface area contributed by atoms with Gasteiger partial charge >= 0.3 is 5.97 Å². The summed E-state index contributed by atoms with van der Waals surface area (Å²) in [4.78, 5) is 25.2. The van der Waals surface area contributed by atoms with E-state index in [1.165, 1.54) is 12.0 Å². The number of benzene rings is 1. The Morgan fingerprint density at radius 1 is 1.33 bits per heavy atom. The average molecular weight is 293 g/mol. The summed E-state index contributed by atoms with van der Waals surface area (Å²) in [6.45, 7) is 2.16. The molecule has 21 heavy (non-hydrogen) atoms. The Morgan fingerprint density at radius 2 is 2.05 bits per heavy atom. The minimum atomic E-state index is -1.01. The van der Waals surface area contributed by atoms with Crippen LogP contribution in [0.25, 0.3) is 0 Å². The first-order chi connectivity index (χ1) is 9.95. The van der Waals surface area contributed by atoms with Crippen LogP contribution in [0.5, 0.6) is 11.5 Å². The molecule has 0 aromatic heterocycles. The number of aliphatic carboxylic acids is 1. The molecule has 0 bridgehead atoms. The fourth-order valence-corrected chi connectivity index (χ4v) is 2.65. The smallest absolute Gasteiger partial charge is 0.326 e. The molecule has 1 saturated heterocycles. The van der Waals surface area contributed by atoms with Crippen LogP contribution in [0, 0.1) is 6.92 Å². The number of carboxylic acid groups (broad SMARTS) is 1. The maximum atomic E-state index is 12.6.